The van der Waals surface area contributed by atoms with E-state index in [4.69, 9.17) is 9.47 Å². The molecular weight excluding hydrogens is 334 g/mol. The maximum absolute atomic E-state index is 12.1. The molecule has 0 saturated heterocycles. The molecule has 138 valence electrons. The van der Waals surface area contributed by atoms with E-state index in [0.717, 1.165) is 5.56 Å². The van der Waals surface area contributed by atoms with Gasteiger partial charge in [0.1, 0.15) is 0 Å². The zero-order valence-electron chi connectivity index (χ0n) is 15.2. The molecule has 0 fully saturated rings. The lowest BCUT2D eigenvalue weighted by molar-refractivity contribution is -0.121. The number of benzene rings is 1. The molecule has 0 radical (unpaired) electrons. The summed E-state index contributed by atoms with van der Waals surface area (Å²) in [5.74, 6) is 0.809. The SMILES string of the molecule is COc1ccc(N(CCC(=O)NCc2cccnc2)C(C)=O)cc1OC. The highest BCUT2D eigenvalue weighted by Crippen LogP contribution is 2.31. The molecule has 0 saturated carbocycles. The van der Waals surface area contributed by atoms with Crippen molar-refractivity contribution in [3.05, 3.63) is 48.3 Å². The summed E-state index contributed by atoms with van der Waals surface area (Å²) in [4.78, 5) is 29.6. The third kappa shape index (κ3) is 5.20. The molecule has 1 aromatic heterocycles. The third-order valence-corrected chi connectivity index (χ3v) is 3.83. The minimum atomic E-state index is -0.155. The first-order valence-corrected chi connectivity index (χ1v) is 8.21. The number of hydrogen-bond donors (Lipinski definition) is 1. The number of anilines is 1. The Morgan fingerprint density at radius 3 is 2.54 bits per heavy atom. The lowest BCUT2D eigenvalue weighted by atomic mass is 10.2. The number of carbonyl (C=O) groups is 2. The number of nitrogens with one attached hydrogen (secondary N) is 1. The van der Waals surface area contributed by atoms with Gasteiger partial charge in [-0.3, -0.25) is 14.6 Å². The standard InChI is InChI=1S/C19H23N3O4/c1-14(23)22(16-6-7-17(25-2)18(11-16)26-3)10-8-19(24)21-13-15-5-4-9-20-12-15/h4-7,9,11-12H,8,10,13H2,1-3H3,(H,21,24). The number of nitrogens with zero attached hydrogens (tertiary/aromatic N) is 2. The van der Waals surface area contributed by atoms with Crippen LogP contribution in [0.1, 0.15) is 18.9 Å². The summed E-state index contributed by atoms with van der Waals surface area (Å²) in [7, 11) is 3.08. The number of rotatable bonds is 8. The number of carbonyl (C=O) groups excluding carboxylic acids is 2. The molecule has 0 spiro atoms. The third-order valence-electron chi connectivity index (χ3n) is 3.83. The van der Waals surface area contributed by atoms with Crippen LogP contribution in [0.3, 0.4) is 0 Å². The van der Waals surface area contributed by atoms with Crippen molar-refractivity contribution in [1.29, 1.82) is 0 Å². The quantitative estimate of drug-likeness (QED) is 0.783. The van der Waals surface area contributed by atoms with Crippen LogP contribution >= 0.6 is 0 Å². The summed E-state index contributed by atoms with van der Waals surface area (Å²) in [5, 5.41) is 2.82. The van der Waals surface area contributed by atoms with Crippen molar-refractivity contribution in [1.82, 2.24) is 10.3 Å². The topological polar surface area (TPSA) is 80.8 Å². The molecule has 0 bridgehead atoms. The van der Waals surface area contributed by atoms with E-state index >= 15 is 0 Å². The van der Waals surface area contributed by atoms with Gasteiger partial charge in [0.2, 0.25) is 11.8 Å². The highest BCUT2D eigenvalue weighted by atomic mass is 16.5. The number of aromatic nitrogens is 1. The molecule has 1 heterocycles. The molecule has 7 nitrogen and oxygen atoms in total. The number of hydrogen-bond acceptors (Lipinski definition) is 5. The fraction of sp³-hybridized carbons (Fsp3) is 0.316. The Morgan fingerprint density at radius 2 is 1.92 bits per heavy atom. The van der Waals surface area contributed by atoms with Crippen LogP contribution in [0, 0.1) is 0 Å². The molecular formula is C19H23N3O4. The van der Waals surface area contributed by atoms with Crippen LogP contribution in [0.4, 0.5) is 5.69 Å². The number of ether oxygens (including phenoxy) is 2. The second kappa shape index (κ2) is 9.41. The van der Waals surface area contributed by atoms with Gasteiger partial charge < -0.3 is 19.7 Å². The molecule has 2 aromatic rings. The molecule has 2 rings (SSSR count). The Kier molecular flexibility index (Phi) is 6.96. The summed E-state index contributed by atoms with van der Waals surface area (Å²) in [5.41, 5.74) is 1.57. The number of pyridine rings is 1. The fourth-order valence-electron chi connectivity index (χ4n) is 2.47. The van der Waals surface area contributed by atoms with Crippen LogP contribution in [-0.4, -0.2) is 37.6 Å². The van der Waals surface area contributed by atoms with Crippen molar-refractivity contribution < 1.29 is 19.1 Å². The van der Waals surface area contributed by atoms with Crippen molar-refractivity contribution in [2.45, 2.75) is 19.9 Å². The smallest absolute Gasteiger partial charge is 0.223 e. The molecule has 0 aliphatic rings. The van der Waals surface area contributed by atoms with E-state index in [1.54, 1.807) is 37.7 Å². The van der Waals surface area contributed by atoms with E-state index in [9.17, 15) is 9.59 Å². The lowest BCUT2D eigenvalue weighted by Gasteiger charge is -2.22. The second-order valence-electron chi connectivity index (χ2n) is 5.60. The average Bonchev–Trinajstić information content (AvgIpc) is 2.66. The largest absolute Gasteiger partial charge is 0.493 e. The lowest BCUT2D eigenvalue weighted by Crippen LogP contribution is -2.33. The molecule has 26 heavy (non-hydrogen) atoms. The van der Waals surface area contributed by atoms with Crippen molar-refractivity contribution in [3.63, 3.8) is 0 Å². The van der Waals surface area contributed by atoms with Gasteiger partial charge in [-0.2, -0.15) is 0 Å². The maximum Gasteiger partial charge on any atom is 0.223 e. The maximum atomic E-state index is 12.1. The average molecular weight is 357 g/mol. The van der Waals surface area contributed by atoms with Crippen LogP contribution in [0.5, 0.6) is 11.5 Å². The molecule has 0 unspecified atom stereocenters. The minimum Gasteiger partial charge on any atom is -0.493 e. The fourth-order valence-corrected chi connectivity index (χ4v) is 2.47. The van der Waals surface area contributed by atoms with Gasteiger partial charge in [0, 0.05) is 50.6 Å². The first kappa shape index (κ1) is 19.2. The summed E-state index contributed by atoms with van der Waals surface area (Å²) in [6.07, 6.45) is 3.57. The molecule has 0 aliphatic carbocycles. The monoisotopic (exact) mass is 357 g/mol. The Hall–Kier alpha value is -3.09. The van der Waals surface area contributed by atoms with Crippen LogP contribution in [0.15, 0.2) is 42.7 Å². The van der Waals surface area contributed by atoms with Gasteiger partial charge in [-0.05, 0) is 23.8 Å². The van der Waals surface area contributed by atoms with E-state index in [2.05, 4.69) is 10.3 Å². The minimum absolute atomic E-state index is 0.138. The van der Waals surface area contributed by atoms with Gasteiger partial charge >= 0.3 is 0 Å². The van der Waals surface area contributed by atoms with Crippen LogP contribution < -0.4 is 19.7 Å². The van der Waals surface area contributed by atoms with Gasteiger partial charge in [0.15, 0.2) is 11.5 Å². The van der Waals surface area contributed by atoms with E-state index in [0.29, 0.717) is 23.7 Å². The Bertz CT molecular complexity index is 750. The van der Waals surface area contributed by atoms with Crippen molar-refractivity contribution >= 4 is 17.5 Å². The summed E-state index contributed by atoms with van der Waals surface area (Å²) in [6, 6.07) is 8.91. The predicted octanol–water partition coefficient (Wildman–Crippen LogP) is 2.16. The molecule has 2 amide bonds. The van der Waals surface area contributed by atoms with Crippen molar-refractivity contribution in [3.8, 4) is 11.5 Å². The summed E-state index contributed by atoms with van der Waals surface area (Å²) >= 11 is 0. The zero-order chi connectivity index (χ0) is 18.9. The van der Waals surface area contributed by atoms with E-state index < -0.39 is 0 Å². The van der Waals surface area contributed by atoms with Gasteiger partial charge in [0.25, 0.3) is 0 Å². The van der Waals surface area contributed by atoms with Gasteiger partial charge in [-0.15, -0.1) is 0 Å². The van der Waals surface area contributed by atoms with Crippen molar-refractivity contribution in [2.75, 3.05) is 25.7 Å². The molecule has 0 aliphatic heterocycles. The van der Waals surface area contributed by atoms with E-state index in [1.165, 1.54) is 18.9 Å². The van der Waals surface area contributed by atoms with Gasteiger partial charge in [-0.1, -0.05) is 6.07 Å². The molecule has 0 atom stereocenters. The molecule has 7 heteroatoms. The Labute approximate surface area is 152 Å². The molecule has 1 aromatic carbocycles. The van der Waals surface area contributed by atoms with Gasteiger partial charge in [-0.25, -0.2) is 0 Å². The van der Waals surface area contributed by atoms with Gasteiger partial charge in [0.05, 0.1) is 14.2 Å². The number of amides is 2. The second-order valence-corrected chi connectivity index (χ2v) is 5.60. The van der Waals surface area contributed by atoms with Crippen LogP contribution in [0.25, 0.3) is 0 Å². The first-order chi connectivity index (χ1) is 12.5. The predicted molar refractivity (Wildman–Crippen MR) is 98.3 cm³/mol. The normalized spacial score (nSPS) is 10.1. The molecule has 1 N–H and O–H groups in total. The van der Waals surface area contributed by atoms with E-state index in [1.807, 2.05) is 12.1 Å². The first-order valence-electron chi connectivity index (χ1n) is 8.21. The van der Waals surface area contributed by atoms with Crippen molar-refractivity contribution in [2.24, 2.45) is 0 Å². The van der Waals surface area contributed by atoms with Crippen LogP contribution in [0.2, 0.25) is 0 Å². The Morgan fingerprint density at radius 1 is 1.15 bits per heavy atom. The summed E-state index contributed by atoms with van der Waals surface area (Å²) in [6.45, 7) is 2.14. The number of methoxy groups -OCH3 is 2. The highest BCUT2D eigenvalue weighted by molar-refractivity contribution is 5.92. The highest BCUT2D eigenvalue weighted by Gasteiger charge is 2.16. The zero-order valence-corrected chi connectivity index (χ0v) is 15.2. The van der Waals surface area contributed by atoms with Crippen LogP contribution in [-0.2, 0) is 16.1 Å². The van der Waals surface area contributed by atoms with E-state index in [-0.39, 0.29) is 24.8 Å². The summed E-state index contributed by atoms with van der Waals surface area (Å²) < 4.78 is 10.5. The Balaban J connectivity index is 1.98.